The van der Waals surface area contributed by atoms with E-state index in [-0.39, 0.29) is 17.7 Å². The van der Waals surface area contributed by atoms with Crippen molar-refractivity contribution >= 4 is 11.9 Å². The first-order chi connectivity index (χ1) is 12.0. The molecule has 1 aliphatic heterocycles. The molecule has 0 bridgehead atoms. The maximum atomic E-state index is 12.5. The molecule has 3 atom stereocenters. The van der Waals surface area contributed by atoms with E-state index in [0.29, 0.717) is 12.2 Å². The summed E-state index contributed by atoms with van der Waals surface area (Å²) in [6.07, 6.45) is 5.14. The zero-order chi connectivity index (χ0) is 17.6. The SMILES string of the molecule is Cn1cc(C2CC2C(=O)NC(C(=O)O)c2ccc3c(c2)CCO3)cn1. The number of aromatic nitrogens is 2. The van der Waals surface area contributed by atoms with Gasteiger partial charge < -0.3 is 15.2 Å². The van der Waals surface area contributed by atoms with Crippen LogP contribution in [-0.4, -0.2) is 33.4 Å². The third-order valence-corrected chi connectivity index (χ3v) is 4.86. The maximum Gasteiger partial charge on any atom is 0.330 e. The Balaban J connectivity index is 1.47. The van der Waals surface area contributed by atoms with E-state index >= 15 is 0 Å². The van der Waals surface area contributed by atoms with Crippen LogP contribution in [0.5, 0.6) is 5.75 Å². The van der Waals surface area contributed by atoms with Crippen molar-refractivity contribution in [3.8, 4) is 5.75 Å². The fourth-order valence-corrected chi connectivity index (χ4v) is 3.41. The predicted molar refractivity (Wildman–Crippen MR) is 88.2 cm³/mol. The van der Waals surface area contributed by atoms with E-state index in [4.69, 9.17) is 4.74 Å². The van der Waals surface area contributed by atoms with Gasteiger partial charge in [-0.2, -0.15) is 5.10 Å². The highest BCUT2D eigenvalue weighted by atomic mass is 16.5. The van der Waals surface area contributed by atoms with Crippen LogP contribution in [0.15, 0.2) is 30.6 Å². The predicted octanol–water partition coefficient (Wildman–Crippen LogP) is 1.40. The second-order valence-corrected chi connectivity index (χ2v) is 6.64. The molecule has 7 heteroatoms. The molecule has 3 unspecified atom stereocenters. The number of benzene rings is 1. The van der Waals surface area contributed by atoms with Crippen molar-refractivity contribution in [3.63, 3.8) is 0 Å². The standard InChI is InChI=1S/C18H19N3O4/c1-21-9-12(8-19-21)13-7-14(13)17(22)20-16(18(23)24)11-2-3-15-10(6-11)4-5-25-15/h2-3,6,8-9,13-14,16H,4-5,7H2,1H3,(H,20,22)(H,23,24). The normalized spacial score (nSPS) is 22.0. The molecule has 1 aromatic carbocycles. The Kier molecular flexibility index (Phi) is 3.71. The zero-order valence-electron chi connectivity index (χ0n) is 13.8. The van der Waals surface area contributed by atoms with Crippen molar-refractivity contribution < 1.29 is 19.4 Å². The first-order valence-corrected chi connectivity index (χ1v) is 8.30. The minimum Gasteiger partial charge on any atom is -0.493 e. The molecule has 0 spiro atoms. The fourth-order valence-electron chi connectivity index (χ4n) is 3.41. The lowest BCUT2D eigenvalue weighted by atomic mass is 10.0. The van der Waals surface area contributed by atoms with E-state index < -0.39 is 12.0 Å². The topological polar surface area (TPSA) is 93.5 Å². The number of carboxylic acid groups (broad SMARTS) is 1. The molecule has 4 rings (SSSR count). The van der Waals surface area contributed by atoms with E-state index in [9.17, 15) is 14.7 Å². The fraction of sp³-hybridized carbons (Fsp3) is 0.389. The summed E-state index contributed by atoms with van der Waals surface area (Å²) in [6, 6.07) is 4.24. The van der Waals surface area contributed by atoms with Gasteiger partial charge in [0.2, 0.25) is 5.91 Å². The number of hydrogen-bond donors (Lipinski definition) is 2. The number of nitrogens with zero attached hydrogens (tertiary/aromatic N) is 2. The van der Waals surface area contributed by atoms with Crippen LogP contribution in [0.25, 0.3) is 0 Å². The van der Waals surface area contributed by atoms with Crippen molar-refractivity contribution in [2.24, 2.45) is 13.0 Å². The van der Waals surface area contributed by atoms with Gasteiger partial charge in [-0.15, -0.1) is 0 Å². The summed E-state index contributed by atoms with van der Waals surface area (Å²) in [5.41, 5.74) is 2.57. The number of aryl methyl sites for hydroxylation is 1. The van der Waals surface area contributed by atoms with Gasteiger partial charge in [-0.25, -0.2) is 4.79 Å². The Labute approximate surface area is 144 Å². The number of aliphatic carboxylic acids is 1. The largest absolute Gasteiger partial charge is 0.493 e. The second-order valence-electron chi connectivity index (χ2n) is 6.64. The molecule has 2 heterocycles. The summed E-state index contributed by atoms with van der Waals surface area (Å²) < 4.78 is 7.15. The molecule has 2 aliphatic rings. The summed E-state index contributed by atoms with van der Waals surface area (Å²) in [6.45, 7) is 0.609. The minimum absolute atomic E-state index is 0.122. The number of carboxylic acids is 1. The van der Waals surface area contributed by atoms with Crippen molar-refractivity contribution in [3.05, 3.63) is 47.3 Å². The lowest BCUT2D eigenvalue weighted by Crippen LogP contribution is -2.35. The number of rotatable bonds is 5. The number of ether oxygens (including phenoxy) is 1. The number of carbonyl (C=O) groups is 2. The van der Waals surface area contributed by atoms with Crippen molar-refractivity contribution in [2.45, 2.75) is 24.8 Å². The van der Waals surface area contributed by atoms with Gasteiger partial charge in [0.25, 0.3) is 0 Å². The average molecular weight is 341 g/mol. The number of hydrogen-bond acceptors (Lipinski definition) is 4. The van der Waals surface area contributed by atoms with Crippen molar-refractivity contribution in [1.82, 2.24) is 15.1 Å². The monoisotopic (exact) mass is 341 g/mol. The Bertz CT molecular complexity index is 845. The molecule has 1 amide bonds. The van der Waals surface area contributed by atoms with Crippen LogP contribution < -0.4 is 10.1 Å². The highest BCUT2D eigenvalue weighted by Gasteiger charge is 2.45. The Morgan fingerprint density at radius 2 is 2.28 bits per heavy atom. The van der Waals surface area contributed by atoms with Gasteiger partial charge >= 0.3 is 5.97 Å². The smallest absolute Gasteiger partial charge is 0.330 e. The molecule has 0 radical (unpaired) electrons. The van der Waals surface area contributed by atoms with Crippen molar-refractivity contribution in [1.29, 1.82) is 0 Å². The van der Waals surface area contributed by atoms with Gasteiger partial charge in [-0.3, -0.25) is 9.48 Å². The van der Waals surface area contributed by atoms with Crippen LogP contribution in [0.3, 0.4) is 0 Å². The highest BCUT2D eigenvalue weighted by molar-refractivity contribution is 5.88. The van der Waals surface area contributed by atoms with E-state index in [1.54, 1.807) is 23.0 Å². The van der Waals surface area contributed by atoms with E-state index in [2.05, 4.69) is 10.4 Å². The zero-order valence-corrected chi connectivity index (χ0v) is 13.8. The highest BCUT2D eigenvalue weighted by Crippen LogP contribution is 2.47. The third kappa shape index (κ3) is 2.97. The molecule has 2 N–H and O–H groups in total. The number of carbonyl (C=O) groups excluding carboxylic acids is 1. The Hall–Kier alpha value is -2.83. The lowest BCUT2D eigenvalue weighted by molar-refractivity contribution is -0.142. The van der Waals surface area contributed by atoms with Gasteiger partial charge in [-0.1, -0.05) is 6.07 Å². The number of fused-ring (bicyclic) bond motifs is 1. The van der Waals surface area contributed by atoms with Gasteiger partial charge in [-0.05, 0) is 41.2 Å². The van der Waals surface area contributed by atoms with Gasteiger partial charge in [0.05, 0.1) is 12.8 Å². The van der Waals surface area contributed by atoms with Gasteiger partial charge in [0.15, 0.2) is 6.04 Å². The molecular formula is C18H19N3O4. The Morgan fingerprint density at radius 3 is 3.00 bits per heavy atom. The molecule has 2 aromatic rings. The van der Waals surface area contributed by atoms with Crippen LogP contribution in [0.1, 0.15) is 35.1 Å². The quantitative estimate of drug-likeness (QED) is 0.857. The minimum atomic E-state index is -1.06. The molecule has 25 heavy (non-hydrogen) atoms. The van der Waals surface area contributed by atoms with E-state index in [1.807, 2.05) is 19.3 Å². The average Bonchev–Trinajstić information content (AvgIpc) is 3.04. The van der Waals surface area contributed by atoms with Crippen LogP contribution in [-0.2, 0) is 23.1 Å². The molecule has 7 nitrogen and oxygen atoms in total. The molecule has 0 saturated heterocycles. The number of nitrogens with one attached hydrogen (secondary N) is 1. The van der Waals surface area contributed by atoms with Gasteiger partial charge in [0, 0.05) is 25.6 Å². The molecule has 1 aromatic heterocycles. The Morgan fingerprint density at radius 1 is 1.44 bits per heavy atom. The maximum absolute atomic E-state index is 12.5. The molecule has 1 saturated carbocycles. The van der Waals surface area contributed by atoms with Crippen LogP contribution >= 0.6 is 0 Å². The lowest BCUT2D eigenvalue weighted by Gasteiger charge is -2.16. The molecule has 1 aliphatic carbocycles. The van der Waals surface area contributed by atoms with E-state index in [0.717, 1.165) is 29.7 Å². The molecular weight excluding hydrogens is 322 g/mol. The van der Waals surface area contributed by atoms with Crippen LogP contribution in [0.2, 0.25) is 0 Å². The summed E-state index contributed by atoms with van der Waals surface area (Å²) in [5.74, 6) is -0.567. The molecule has 130 valence electrons. The third-order valence-electron chi connectivity index (χ3n) is 4.86. The number of amides is 1. The first-order valence-electron chi connectivity index (χ1n) is 8.30. The summed E-state index contributed by atoms with van der Waals surface area (Å²) in [5, 5.41) is 16.4. The van der Waals surface area contributed by atoms with Crippen LogP contribution in [0.4, 0.5) is 0 Å². The second kappa shape index (κ2) is 5.91. The summed E-state index contributed by atoms with van der Waals surface area (Å²) in [4.78, 5) is 24.2. The van der Waals surface area contributed by atoms with Gasteiger partial charge in [0.1, 0.15) is 5.75 Å². The summed E-state index contributed by atoms with van der Waals surface area (Å²) >= 11 is 0. The summed E-state index contributed by atoms with van der Waals surface area (Å²) in [7, 11) is 1.83. The van der Waals surface area contributed by atoms with Crippen LogP contribution in [0, 0.1) is 5.92 Å². The van der Waals surface area contributed by atoms with Crippen molar-refractivity contribution in [2.75, 3.05) is 6.61 Å². The van der Waals surface area contributed by atoms with E-state index in [1.165, 1.54) is 0 Å². The first kappa shape index (κ1) is 15.7. The molecule has 1 fully saturated rings.